The highest BCUT2D eigenvalue weighted by Gasteiger charge is 2.51. The molecule has 4 saturated carbocycles. The van der Waals surface area contributed by atoms with Crippen molar-refractivity contribution >= 4 is 17.7 Å². The minimum atomic E-state index is -0.623. The Labute approximate surface area is 214 Å². The van der Waals surface area contributed by atoms with E-state index < -0.39 is 17.7 Å². The second-order valence-electron chi connectivity index (χ2n) is 12.9. The van der Waals surface area contributed by atoms with Crippen LogP contribution in [-0.2, 0) is 27.9 Å². The summed E-state index contributed by atoms with van der Waals surface area (Å²) in [4.78, 5) is 28.1. The Morgan fingerprint density at radius 2 is 1.47 bits per heavy atom. The van der Waals surface area contributed by atoms with Crippen LogP contribution >= 0.6 is 0 Å². The van der Waals surface area contributed by atoms with E-state index in [0.717, 1.165) is 34.6 Å². The third kappa shape index (κ3) is 4.42. The monoisotopic (exact) mass is 486 g/mol. The average Bonchev–Trinajstić information content (AvgIpc) is 2.81. The maximum atomic E-state index is 13.5. The van der Waals surface area contributed by atoms with Gasteiger partial charge in [-0.15, -0.1) is 0 Å². The molecule has 4 bridgehead atoms. The van der Waals surface area contributed by atoms with Crippen LogP contribution in [0.25, 0.3) is 0 Å². The lowest BCUT2D eigenvalue weighted by atomic mass is 9.48. The van der Waals surface area contributed by atoms with Crippen molar-refractivity contribution in [2.75, 3.05) is 5.32 Å². The van der Waals surface area contributed by atoms with Crippen LogP contribution in [0.1, 0.15) is 76.0 Å². The van der Waals surface area contributed by atoms with E-state index in [1.54, 1.807) is 4.90 Å². The molecule has 1 heterocycles. The first kappa shape index (κ1) is 23.6. The van der Waals surface area contributed by atoms with Crippen molar-refractivity contribution in [3.63, 3.8) is 0 Å². The molecule has 1 N–H and O–H groups in total. The summed E-state index contributed by atoms with van der Waals surface area (Å²) in [6, 6.07) is 16.0. The van der Waals surface area contributed by atoms with Crippen LogP contribution in [0, 0.1) is 17.8 Å². The largest absolute Gasteiger partial charge is 0.444 e. The van der Waals surface area contributed by atoms with E-state index >= 15 is 0 Å². The van der Waals surface area contributed by atoms with E-state index in [9.17, 15) is 9.59 Å². The number of nitrogens with zero attached hydrogens (tertiary/aromatic N) is 1. The molecule has 0 saturated heterocycles. The van der Waals surface area contributed by atoms with Gasteiger partial charge in [0.25, 0.3) is 0 Å². The Morgan fingerprint density at radius 3 is 2.06 bits per heavy atom. The van der Waals surface area contributed by atoms with Gasteiger partial charge >= 0.3 is 6.09 Å². The number of fused-ring (bicyclic) bond motifs is 1. The summed E-state index contributed by atoms with van der Waals surface area (Å²) in [5.74, 6) is 2.55. The van der Waals surface area contributed by atoms with Crippen molar-refractivity contribution in [2.24, 2.45) is 17.8 Å². The van der Waals surface area contributed by atoms with Gasteiger partial charge in [-0.2, -0.15) is 0 Å². The Bertz CT molecular complexity index is 1130. The number of anilines is 1. The zero-order valence-electron chi connectivity index (χ0n) is 21.8. The van der Waals surface area contributed by atoms with Crippen LogP contribution < -0.4 is 5.32 Å². The van der Waals surface area contributed by atoms with Gasteiger partial charge in [0.2, 0.25) is 5.91 Å². The van der Waals surface area contributed by atoms with Crippen LogP contribution in [0.3, 0.4) is 0 Å². The maximum Gasteiger partial charge on any atom is 0.411 e. The number of benzene rings is 2. The quantitative estimate of drug-likeness (QED) is 0.542. The molecular formula is C31H38N2O3. The first-order chi connectivity index (χ1) is 17.2. The van der Waals surface area contributed by atoms with Gasteiger partial charge < -0.3 is 10.1 Å². The van der Waals surface area contributed by atoms with Crippen LogP contribution in [0.2, 0.25) is 0 Å². The van der Waals surface area contributed by atoms with E-state index in [1.807, 2.05) is 45.0 Å². The van der Waals surface area contributed by atoms with E-state index in [0.29, 0.717) is 18.4 Å². The molecular weight excluding hydrogens is 448 g/mol. The first-order valence-electron chi connectivity index (χ1n) is 13.7. The summed E-state index contributed by atoms with van der Waals surface area (Å²) in [6.45, 7) is 5.92. The predicted octanol–water partition coefficient (Wildman–Crippen LogP) is 6.45. The number of amides is 2. The van der Waals surface area contributed by atoms with Crippen LogP contribution in [-0.4, -0.2) is 28.5 Å². The van der Waals surface area contributed by atoms with Gasteiger partial charge in [-0.1, -0.05) is 36.4 Å². The molecule has 0 aromatic heterocycles. The number of carbonyl (C=O) groups excluding carboxylic acids is 2. The minimum absolute atomic E-state index is 0.169. The van der Waals surface area contributed by atoms with Gasteiger partial charge in [0.05, 0.1) is 6.54 Å². The fraction of sp³-hybridized carbons (Fsp3) is 0.548. The van der Waals surface area contributed by atoms with Gasteiger partial charge in [-0.25, -0.2) is 4.79 Å². The number of hydrogen-bond acceptors (Lipinski definition) is 3. The van der Waals surface area contributed by atoms with Crippen LogP contribution in [0.4, 0.5) is 10.5 Å². The number of hydrogen-bond donors (Lipinski definition) is 1. The van der Waals surface area contributed by atoms with Gasteiger partial charge in [0.1, 0.15) is 11.6 Å². The molecule has 0 radical (unpaired) electrons. The topological polar surface area (TPSA) is 58.6 Å². The molecule has 1 atom stereocenters. The minimum Gasteiger partial charge on any atom is -0.444 e. The zero-order valence-corrected chi connectivity index (χ0v) is 21.8. The van der Waals surface area contributed by atoms with Crippen molar-refractivity contribution in [2.45, 2.75) is 89.3 Å². The molecule has 0 spiro atoms. The number of carbonyl (C=O) groups is 2. The third-order valence-electron chi connectivity index (χ3n) is 8.98. The molecule has 1 aliphatic heterocycles. The van der Waals surface area contributed by atoms with E-state index in [-0.39, 0.29) is 5.91 Å². The highest BCUT2D eigenvalue weighted by atomic mass is 16.6. The Kier molecular flexibility index (Phi) is 5.66. The molecule has 5 heteroatoms. The zero-order chi connectivity index (χ0) is 25.1. The molecule has 5 nitrogen and oxygen atoms in total. The van der Waals surface area contributed by atoms with Crippen molar-refractivity contribution in [3.05, 3.63) is 65.2 Å². The van der Waals surface area contributed by atoms with Gasteiger partial charge in [0.15, 0.2) is 0 Å². The molecule has 4 aliphatic carbocycles. The van der Waals surface area contributed by atoms with E-state index in [4.69, 9.17) is 4.74 Å². The first-order valence-corrected chi connectivity index (χ1v) is 13.7. The molecule has 36 heavy (non-hydrogen) atoms. The Balaban J connectivity index is 1.19. The van der Waals surface area contributed by atoms with E-state index in [1.165, 1.54) is 44.1 Å². The Hall–Kier alpha value is -2.82. The summed E-state index contributed by atoms with van der Waals surface area (Å²) in [6.07, 6.45) is 8.33. The fourth-order valence-corrected chi connectivity index (χ4v) is 7.87. The van der Waals surface area contributed by atoms with Crippen molar-refractivity contribution in [1.29, 1.82) is 0 Å². The average molecular weight is 487 g/mol. The highest BCUT2D eigenvalue weighted by molar-refractivity contribution is 5.97. The van der Waals surface area contributed by atoms with Gasteiger partial charge in [-0.3, -0.25) is 9.69 Å². The van der Waals surface area contributed by atoms with Gasteiger partial charge in [0, 0.05) is 12.1 Å². The standard InChI is InChI=1S/C31H38N2O3/c1-30(2,3)36-29(35)33-19-24-7-5-4-6-23(24)15-27(33)28(34)32-26-10-8-25(9-11-26)31-16-20-12-21(17-31)14-22(13-20)18-31/h4-11,20-22,27H,12-19H2,1-3H3,(H,32,34)/t20?,21?,22?,27-,31?/m1/s1. The lowest BCUT2D eigenvalue weighted by molar-refractivity contribution is -0.121. The summed E-state index contributed by atoms with van der Waals surface area (Å²) in [5, 5.41) is 3.10. The van der Waals surface area contributed by atoms with E-state index in [2.05, 4.69) is 29.6 Å². The lowest BCUT2D eigenvalue weighted by Crippen LogP contribution is -2.52. The SMILES string of the molecule is CC(C)(C)OC(=O)N1Cc2ccccc2C[C@@H]1C(=O)Nc1ccc(C23CC4CC(CC(C4)C2)C3)cc1. The molecule has 5 aliphatic rings. The summed E-state index contributed by atoms with van der Waals surface area (Å²) >= 11 is 0. The molecule has 2 amide bonds. The smallest absolute Gasteiger partial charge is 0.411 e. The highest BCUT2D eigenvalue weighted by Crippen LogP contribution is 2.60. The van der Waals surface area contributed by atoms with Crippen LogP contribution in [0.5, 0.6) is 0 Å². The third-order valence-corrected chi connectivity index (χ3v) is 8.98. The predicted molar refractivity (Wildman–Crippen MR) is 141 cm³/mol. The van der Waals surface area contributed by atoms with Crippen molar-refractivity contribution < 1.29 is 14.3 Å². The lowest BCUT2D eigenvalue weighted by Gasteiger charge is -2.57. The molecule has 190 valence electrons. The molecule has 2 aromatic rings. The second-order valence-corrected chi connectivity index (χ2v) is 12.9. The number of nitrogens with one attached hydrogen (secondary N) is 1. The normalized spacial score (nSPS) is 30.6. The number of rotatable bonds is 3. The number of ether oxygens (including phenoxy) is 1. The maximum absolute atomic E-state index is 13.5. The van der Waals surface area contributed by atoms with Crippen molar-refractivity contribution in [3.8, 4) is 0 Å². The Morgan fingerprint density at radius 1 is 0.889 bits per heavy atom. The summed E-state index contributed by atoms with van der Waals surface area (Å²) < 4.78 is 5.66. The molecule has 0 unspecified atom stereocenters. The van der Waals surface area contributed by atoms with Crippen molar-refractivity contribution in [1.82, 2.24) is 4.90 Å². The summed E-state index contributed by atoms with van der Waals surface area (Å²) in [5.41, 5.74) is 4.13. The fourth-order valence-electron chi connectivity index (χ4n) is 7.87. The van der Waals surface area contributed by atoms with Gasteiger partial charge in [-0.05, 0) is 111 Å². The summed E-state index contributed by atoms with van der Waals surface area (Å²) in [7, 11) is 0. The molecule has 4 fully saturated rings. The molecule has 7 rings (SSSR count). The van der Waals surface area contributed by atoms with Crippen LogP contribution in [0.15, 0.2) is 48.5 Å². The molecule has 2 aromatic carbocycles. The second kappa shape index (κ2) is 8.64.